The Balaban J connectivity index is 1.76. The molecule has 1 unspecified atom stereocenters. The van der Waals surface area contributed by atoms with E-state index in [4.69, 9.17) is 10.5 Å². The van der Waals surface area contributed by atoms with Crippen LogP contribution < -0.4 is 15.8 Å². The number of piperidine rings is 1. The number of carbonyl (C=O) groups excluding carboxylic acids is 3. The second kappa shape index (κ2) is 10.1. The number of nitrogens with zero attached hydrogens (tertiary/aromatic N) is 2. The van der Waals surface area contributed by atoms with E-state index in [1.54, 1.807) is 0 Å². The summed E-state index contributed by atoms with van der Waals surface area (Å²) in [6.45, 7) is 1.35. The molecule has 8 heteroatoms. The molecule has 8 nitrogen and oxygen atoms in total. The number of aryl methyl sites for hydroxylation is 1. The maximum absolute atomic E-state index is 13.0. The van der Waals surface area contributed by atoms with Gasteiger partial charge >= 0.3 is 6.03 Å². The summed E-state index contributed by atoms with van der Waals surface area (Å²) < 4.78 is 5.83. The van der Waals surface area contributed by atoms with Crippen molar-refractivity contribution in [3.8, 4) is 5.75 Å². The van der Waals surface area contributed by atoms with Crippen molar-refractivity contribution in [2.45, 2.75) is 44.6 Å². The maximum Gasteiger partial charge on any atom is 0.312 e. The summed E-state index contributed by atoms with van der Waals surface area (Å²) in [5, 5.41) is 2.31. The molecule has 2 aliphatic heterocycles. The van der Waals surface area contributed by atoms with Gasteiger partial charge in [-0.25, -0.2) is 4.79 Å². The van der Waals surface area contributed by atoms with Crippen LogP contribution in [-0.2, 0) is 16.0 Å². The maximum atomic E-state index is 13.0. The third-order valence-corrected chi connectivity index (χ3v) is 5.55. The normalized spacial score (nSPS) is 20.8. The molecule has 2 aliphatic rings. The highest BCUT2D eigenvalue weighted by Crippen LogP contribution is 2.23. The Hall–Kier alpha value is -2.77. The number of hydrogen-bond acceptors (Lipinski definition) is 4. The average Bonchev–Trinajstić information content (AvgIpc) is 2.72. The van der Waals surface area contributed by atoms with Gasteiger partial charge in [-0.05, 0) is 56.2 Å². The summed E-state index contributed by atoms with van der Waals surface area (Å²) in [6.07, 6.45) is 5.46. The number of fused-ring (bicyclic) bond motifs is 3. The Morgan fingerprint density at radius 2 is 2.03 bits per heavy atom. The molecule has 4 amide bonds. The Bertz CT molecular complexity index is 739. The van der Waals surface area contributed by atoms with Gasteiger partial charge in [-0.3, -0.25) is 9.59 Å². The topological polar surface area (TPSA) is 105 Å². The fraction of sp³-hybridized carbons (Fsp3) is 0.571. The van der Waals surface area contributed by atoms with Gasteiger partial charge in [-0.15, -0.1) is 0 Å². The SMILES string of the molecule is NC(=O)NCC(=O)N1CCCOc2cccc(c2)CCC2CCCCN2C(=O)C1. The minimum Gasteiger partial charge on any atom is -0.494 e. The van der Waals surface area contributed by atoms with E-state index in [0.29, 0.717) is 19.6 Å². The average molecular weight is 402 g/mol. The van der Waals surface area contributed by atoms with Crippen molar-refractivity contribution in [2.24, 2.45) is 5.73 Å². The Morgan fingerprint density at radius 3 is 2.86 bits per heavy atom. The predicted octanol–water partition coefficient (Wildman–Crippen LogP) is 1.28. The number of carbonyl (C=O) groups is 3. The Kier molecular flexibility index (Phi) is 7.32. The lowest BCUT2D eigenvalue weighted by molar-refractivity contribution is -0.142. The highest BCUT2D eigenvalue weighted by molar-refractivity contribution is 5.87. The summed E-state index contributed by atoms with van der Waals surface area (Å²) >= 11 is 0. The molecule has 0 radical (unpaired) electrons. The largest absolute Gasteiger partial charge is 0.494 e. The van der Waals surface area contributed by atoms with Crippen LogP contribution in [0.4, 0.5) is 4.79 Å². The molecule has 158 valence electrons. The lowest BCUT2D eigenvalue weighted by Crippen LogP contribution is -2.51. The van der Waals surface area contributed by atoms with Gasteiger partial charge in [-0.2, -0.15) is 0 Å². The van der Waals surface area contributed by atoms with Gasteiger partial charge in [0.2, 0.25) is 11.8 Å². The van der Waals surface area contributed by atoms with Gasteiger partial charge in [0, 0.05) is 19.1 Å². The number of urea groups is 1. The van der Waals surface area contributed by atoms with E-state index in [0.717, 1.165) is 44.4 Å². The molecule has 1 atom stereocenters. The summed E-state index contributed by atoms with van der Waals surface area (Å²) in [4.78, 5) is 40.0. The van der Waals surface area contributed by atoms with E-state index < -0.39 is 6.03 Å². The molecule has 1 aromatic rings. The molecule has 1 saturated heterocycles. The van der Waals surface area contributed by atoms with Gasteiger partial charge in [-0.1, -0.05) is 12.1 Å². The summed E-state index contributed by atoms with van der Waals surface area (Å²) in [5.74, 6) is 0.470. The number of nitrogens with two attached hydrogens (primary N) is 1. The number of hydrogen-bond donors (Lipinski definition) is 2. The van der Waals surface area contributed by atoms with Crippen LogP contribution in [0.25, 0.3) is 0 Å². The molecular weight excluding hydrogens is 372 g/mol. The second-order valence-electron chi connectivity index (χ2n) is 7.66. The van der Waals surface area contributed by atoms with E-state index in [9.17, 15) is 14.4 Å². The molecule has 2 bridgehead atoms. The van der Waals surface area contributed by atoms with Crippen LogP contribution in [0.15, 0.2) is 24.3 Å². The van der Waals surface area contributed by atoms with E-state index in [1.807, 2.05) is 17.0 Å². The molecule has 2 heterocycles. The number of rotatable bonds is 2. The predicted molar refractivity (Wildman–Crippen MR) is 108 cm³/mol. The Labute approximate surface area is 171 Å². The molecule has 0 aromatic heterocycles. The summed E-state index contributed by atoms with van der Waals surface area (Å²) in [7, 11) is 0. The van der Waals surface area contributed by atoms with Crippen LogP contribution in [0.1, 0.15) is 37.7 Å². The van der Waals surface area contributed by atoms with Crippen molar-refractivity contribution >= 4 is 17.8 Å². The minimum absolute atomic E-state index is 0.0150. The number of nitrogens with one attached hydrogen (secondary N) is 1. The second-order valence-corrected chi connectivity index (χ2v) is 7.66. The van der Waals surface area contributed by atoms with Crippen molar-refractivity contribution < 1.29 is 19.1 Å². The standard InChI is InChI=1S/C21H30N4O4/c22-21(28)23-14-19(26)24-10-4-12-29-18-7-3-5-16(13-18)8-9-17-6-1-2-11-25(17)20(27)15-24/h3,5,7,13,17H,1-2,4,6,8-12,14-15H2,(H3,22,23,28). The van der Waals surface area contributed by atoms with Crippen LogP contribution in [0.3, 0.4) is 0 Å². The minimum atomic E-state index is -0.758. The monoisotopic (exact) mass is 402 g/mol. The van der Waals surface area contributed by atoms with E-state index in [-0.39, 0.29) is 30.9 Å². The van der Waals surface area contributed by atoms with Gasteiger partial charge in [0.05, 0.1) is 19.7 Å². The fourth-order valence-electron chi connectivity index (χ4n) is 4.02. The third-order valence-electron chi connectivity index (χ3n) is 5.55. The summed E-state index contributed by atoms with van der Waals surface area (Å²) in [6, 6.07) is 7.51. The van der Waals surface area contributed by atoms with Crippen molar-refractivity contribution in [2.75, 3.05) is 32.8 Å². The number of benzene rings is 1. The molecule has 1 fully saturated rings. The molecule has 3 rings (SSSR count). The number of ether oxygens (including phenoxy) is 1. The van der Waals surface area contributed by atoms with Gasteiger partial charge in [0.15, 0.2) is 0 Å². The first-order valence-electron chi connectivity index (χ1n) is 10.4. The Morgan fingerprint density at radius 1 is 1.17 bits per heavy atom. The molecule has 0 aliphatic carbocycles. The van der Waals surface area contributed by atoms with Crippen LogP contribution in [-0.4, -0.2) is 66.5 Å². The van der Waals surface area contributed by atoms with E-state index in [2.05, 4.69) is 17.4 Å². The first-order valence-corrected chi connectivity index (χ1v) is 10.4. The zero-order valence-electron chi connectivity index (χ0n) is 16.8. The van der Waals surface area contributed by atoms with Crippen LogP contribution >= 0.6 is 0 Å². The van der Waals surface area contributed by atoms with Gasteiger partial charge < -0.3 is 25.6 Å². The van der Waals surface area contributed by atoms with Crippen molar-refractivity contribution in [3.63, 3.8) is 0 Å². The molecule has 0 spiro atoms. The zero-order chi connectivity index (χ0) is 20.6. The first-order chi connectivity index (χ1) is 14.0. The van der Waals surface area contributed by atoms with Crippen LogP contribution in [0, 0.1) is 0 Å². The lowest BCUT2D eigenvalue weighted by Gasteiger charge is -2.37. The fourth-order valence-corrected chi connectivity index (χ4v) is 4.02. The van der Waals surface area contributed by atoms with Crippen molar-refractivity contribution in [1.82, 2.24) is 15.1 Å². The molecule has 29 heavy (non-hydrogen) atoms. The highest BCUT2D eigenvalue weighted by Gasteiger charge is 2.29. The smallest absolute Gasteiger partial charge is 0.312 e. The number of amides is 4. The van der Waals surface area contributed by atoms with E-state index in [1.165, 1.54) is 10.5 Å². The molecule has 0 saturated carbocycles. The van der Waals surface area contributed by atoms with E-state index >= 15 is 0 Å². The lowest BCUT2D eigenvalue weighted by atomic mass is 9.95. The number of primary amides is 1. The quantitative estimate of drug-likeness (QED) is 0.777. The summed E-state index contributed by atoms with van der Waals surface area (Å²) in [5.41, 5.74) is 6.29. The third kappa shape index (κ3) is 6.10. The van der Waals surface area contributed by atoms with Crippen LogP contribution in [0.2, 0.25) is 0 Å². The molecule has 3 N–H and O–H groups in total. The molecular formula is C21H30N4O4. The van der Waals surface area contributed by atoms with Crippen LogP contribution in [0.5, 0.6) is 5.75 Å². The molecule has 1 aromatic carbocycles. The van der Waals surface area contributed by atoms with Crippen molar-refractivity contribution in [3.05, 3.63) is 29.8 Å². The van der Waals surface area contributed by atoms with Crippen molar-refractivity contribution in [1.29, 1.82) is 0 Å². The highest BCUT2D eigenvalue weighted by atomic mass is 16.5. The van der Waals surface area contributed by atoms with Gasteiger partial charge in [0.1, 0.15) is 5.75 Å². The van der Waals surface area contributed by atoms with Gasteiger partial charge in [0.25, 0.3) is 0 Å². The zero-order valence-corrected chi connectivity index (χ0v) is 16.8. The first kappa shape index (κ1) is 21.0.